The van der Waals surface area contributed by atoms with Crippen LogP contribution in [0.25, 0.3) is 0 Å². The van der Waals surface area contributed by atoms with Gasteiger partial charge in [-0.15, -0.1) is 5.10 Å². The summed E-state index contributed by atoms with van der Waals surface area (Å²) >= 11 is 7.57. The maximum absolute atomic E-state index is 6.02. The van der Waals surface area contributed by atoms with Crippen molar-refractivity contribution in [3.63, 3.8) is 0 Å². The molecule has 0 saturated carbocycles. The monoisotopic (exact) mass is 389 g/mol. The van der Waals surface area contributed by atoms with Crippen LogP contribution in [0.4, 0.5) is 0 Å². The van der Waals surface area contributed by atoms with Gasteiger partial charge in [-0.2, -0.15) is 0 Å². The molecule has 1 heterocycles. The number of nitrogens with one attached hydrogen (secondary N) is 1. The number of benzene rings is 2. The fourth-order valence-corrected chi connectivity index (χ4v) is 3.34. The molecule has 0 aliphatic carbocycles. The maximum atomic E-state index is 6.02. The van der Waals surface area contributed by atoms with Gasteiger partial charge >= 0.3 is 0 Å². The molecule has 0 aliphatic heterocycles. The molecule has 0 amide bonds. The fraction of sp³-hybridized carbons (Fsp3) is 0.263. The van der Waals surface area contributed by atoms with Gasteiger partial charge in [0.25, 0.3) is 0 Å². The van der Waals surface area contributed by atoms with Crippen molar-refractivity contribution in [2.24, 2.45) is 0 Å². The van der Waals surface area contributed by atoms with E-state index in [9.17, 15) is 0 Å². The number of nitrogens with zero attached hydrogens (tertiary/aromatic N) is 2. The van der Waals surface area contributed by atoms with Crippen LogP contribution < -0.4 is 9.47 Å². The molecule has 2 aromatic carbocycles. The van der Waals surface area contributed by atoms with Crippen LogP contribution in [0.2, 0.25) is 5.02 Å². The van der Waals surface area contributed by atoms with E-state index < -0.39 is 0 Å². The number of H-pyrrole nitrogens is 1. The van der Waals surface area contributed by atoms with Gasteiger partial charge in [-0.3, -0.25) is 5.10 Å². The number of ether oxygens (including phenoxy) is 2. The number of aromatic amines is 1. The molecule has 0 unspecified atom stereocenters. The summed E-state index contributed by atoms with van der Waals surface area (Å²) in [5.41, 5.74) is 3.30. The van der Waals surface area contributed by atoms with Crippen LogP contribution in [0.5, 0.6) is 11.5 Å². The van der Waals surface area contributed by atoms with Crippen molar-refractivity contribution in [2.45, 2.75) is 31.4 Å². The molecule has 0 bridgehead atoms. The molecule has 0 spiro atoms. The van der Waals surface area contributed by atoms with Crippen molar-refractivity contribution in [3.8, 4) is 11.5 Å². The minimum absolute atomic E-state index is 0.322. The first kappa shape index (κ1) is 18.6. The van der Waals surface area contributed by atoms with Crippen molar-refractivity contribution in [1.29, 1.82) is 0 Å². The van der Waals surface area contributed by atoms with Gasteiger partial charge in [-0.25, -0.2) is 4.98 Å². The van der Waals surface area contributed by atoms with E-state index in [0.717, 1.165) is 33.4 Å². The Hall–Kier alpha value is -2.18. The number of hydrogen-bond acceptors (Lipinski definition) is 5. The van der Waals surface area contributed by atoms with Gasteiger partial charge in [0, 0.05) is 16.3 Å². The summed E-state index contributed by atoms with van der Waals surface area (Å²) in [6, 6.07) is 11.7. The van der Waals surface area contributed by atoms with E-state index in [4.69, 9.17) is 21.1 Å². The molecule has 1 N–H and O–H groups in total. The highest BCUT2D eigenvalue weighted by molar-refractivity contribution is 7.98. The lowest BCUT2D eigenvalue weighted by molar-refractivity contribution is 0.296. The highest BCUT2D eigenvalue weighted by Gasteiger charge is 2.09. The third kappa shape index (κ3) is 4.71. The highest BCUT2D eigenvalue weighted by Crippen LogP contribution is 2.27. The summed E-state index contributed by atoms with van der Waals surface area (Å²) in [5, 5.41) is 8.56. The van der Waals surface area contributed by atoms with Gasteiger partial charge in [0.15, 0.2) is 5.82 Å². The molecule has 7 heteroatoms. The summed E-state index contributed by atoms with van der Waals surface area (Å²) in [7, 11) is 1.68. The highest BCUT2D eigenvalue weighted by atomic mass is 35.5. The quantitative estimate of drug-likeness (QED) is 0.579. The topological polar surface area (TPSA) is 60.0 Å². The average molecular weight is 390 g/mol. The first-order valence-corrected chi connectivity index (χ1v) is 9.48. The molecule has 3 aromatic rings. The number of hydrogen-bond donors (Lipinski definition) is 1. The third-order valence-electron chi connectivity index (χ3n) is 3.81. The largest absolute Gasteiger partial charge is 0.496 e. The summed E-state index contributed by atoms with van der Waals surface area (Å²) in [6.07, 6.45) is 0. The van der Waals surface area contributed by atoms with Crippen LogP contribution in [0, 0.1) is 13.8 Å². The molecule has 5 nitrogen and oxygen atoms in total. The zero-order valence-corrected chi connectivity index (χ0v) is 16.4. The molecule has 0 saturated heterocycles. The maximum Gasteiger partial charge on any atom is 0.208 e. The van der Waals surface area contributed by atoms with Gasteiger partial charge in [0.2, 0.25) is 5.16 Å². The van der Waals surface area contributed by atoms with Gasteiger partial charge in [0.1, 0.15) is 18.1 Å². The Kier molecular flexibility index (Phi) is 6.06. The number of methoxy groups -OCH3 is 1. The minimum Gasteiger partial charge on any atom is -0.496 e. The molecule has 26 heavy (non-hydrogen) atoms. The van der Waals surface area contributed by atoms with Crippen molar-refractivity contribution >= 4 is 23.4 Å². The van der Waals surface area contributed by atoms with Gasteiger partial charge < -0.3 is 9.47 Å². The summed E-state index contributed by atoms with van der Waals surface area (Å²) in [5.74, 6) is 3.04. The zero-order chi connectivity index (χ0) is 18.5. The van der Waals surface area contributed by atoms with Crippen LogP contribution in [0.15, 0.2) is 41.6 Å². The number of halogens is 1. The van der Waals surface area contributed by atoms with Crippen molar-refractivity contribution in [3.05, 3.63) is 63.9 Å². The van der Waals surface area contributed by atoms with Crippen LogP contribution in [0.1, 0.15) is 22.5 Å². The average Bonchev–Trinajstić information content (AvgIpc) is 3.09. The minimum atomic E-state index is 0.322. The van der Waals surface area contributed by atoms with Crippen LogP contribution >= 0.6 is 23.4 Å². The second-order valence-corrected chi connectivity index (χ2v) is 7.22. The SMILES string of the molecule is COc1ccc(C)cc1CSc1n[nH]c(COc2ccc(Cl)c(C)c2)n1. The first-order valence-electron chi connectivity index (χ1n) is 8.11. The number of thioether (sulfide) groups is 1. The summed E-state index contributed by atoms with van der Waals surface area (Å²) in [6.45, 7) is 4.33. The van der Waals surface area contributed by atoms with E-state index >= 15 is 0 Å². The second-order valence-electron chi connectivity index (χ2n) is 5.87. The Bertz CT molecular complexity index is 898. The van der Waals surface area contributed by atoms with Gasteiger partial charge in [-0.05, 0) is 43.7 Å². The number of aromatic nitrogens is 3. The lowest BCUT2D eigenvalue weighted by Crippen LogP contribution is -1.98. The molecule has 0 atom stereocenters. The Morgan fingerprint density at radius 1 is 1.15 bits per heavy atom. The molecule has 0 radical (unpaired) electrons. The molecular formula is C19H20ClN3O2S. The van der Waals surface area contributed by atoms with Crippen molar-refractivity contribution in [1.82, 2.24) is 15.2 Å². The lowest BCUT2D eigenvalue weighted by atomic mass is 10.1. The standard InChI is InChI=1S/C19H20ClN3O2S/c1-12-4-7-17(24-3)14(8-12)11-26-19-21-18(22-23-19)10-25-15-5-6-16(20)13(2)9-15/h4-9H,10-11H2,1-3H3,(H,21,22,23). The van der Waals surface area contributed by atoms with E-state index in [1.165, 1.54) is 5.56 Å². The van der Waals surface area contributed by atoms with E-state index in [-0.39, 0.29) is 0 Å². The predicted molar refractivity (Wildman–Crippen MR) is 104 cm³/mol. The second kappa shape index (κ2) is 8.47. The molecule has 136 valence electrons. The molecule has 0 fully saturated rings. The van der Waals surface area contributed by atoms with E-state index in [0.29, 0.717) is 17.6 Å². The lowest BCUT2D eigenvalue weighted by Gasteiger charge is -2.08. The van der Waals surface area contributed by atoms with E-state index in [1.54, 1.807) is 18.9 Å². The molecule has 0 aliphatic rings. The Morgan fingerprint density at radius 3 is 2.77 bits per heavy atom. The number of rotatable bonds is 7. The van der Waals surface area contributed by atoms with Gasteiger partial charge in [-0.1, -0.05) is 41.1 Å². The van der Waals surface area contributed by atoms with E-state index in [1.807, 2.05) is 37.3 Å². The Morgan fingerprint density at radius 2 is 2.00 bits per heavy atom. The van der Waals surface area contributed by atoms with Crippen molar-refractivity contribution < 1.29 is 9.47 Å². The van der Waals surface area contributed by atoms with Crippen LogP contribution in [0.3, 0.4) is 0 Å². The normalized spacial score (nSPS) is 10.8. The predicted octanol–water partition coefficient (Wildman–Crippen LogP) is 4.95. The fourth-order valence-electron chi connectivity index (χ4n) is 2.43. The van der Waals surface area contributed by atoms with Crippen LogP contribution in [-0.2, 0) is 12.4 Å². The summed E-state index contributed by atoms with van der Waals surface area (Å²) < 4.78 is 11.1. The Balaban J connectivity index is 1.58. The molecular weight excluding hydrogens is 370 g/mol. The zero-order valence-electron chi connectivity index (χ0n) is 14.9. The number of aryl methyl sites for hydroxylation is 2. The van der Waals surface area contributed by atoms with Crippen LogP contribution in [-0.4, -0.2) is 22.3 Å². The van der Waals surface area contributed by atoms with E-state index in [2.05, 4.69) is 28.2 Å². The van der Waals surface area contributed by atoms with Crippen molar-refractivity contribution in [2.75, 3.05) is 7.11 Å². The summed E-state index contributed by atoms with van der Waals surface area (Å²) in [4.78, 5) is 4.46. The Labute approximate surface area is 162 Å². The molecule has 1 aromatic heterocycles. The smallest absolute Gasteiger partial charge is 0.208 e. The third-order valence-corrected chi connectivity index (χ3v) is 5.13. The first-order chi connectivity index (χ1) is 12.5. The van der Waals surface area contributed by atoms with Gasteiger partial charge in [0.05, 0.1) is 7.11 Å². The molecule has 3 rings (SSSR count).